The minimum absolute atomic E-state index is 0.192. The van der Waals surface area contributed by atoms with Crippen LogP contribution in [0.15, 0.2) is 18.2 Å². The van der Waals surface area contributed by atoms with Gasteiger partial charge in [-0.1, -0.05) is 13.0 Å². The van der Waals surface area contributed by atoms with Gasteiger partial charge in [0.25, 0.3) is 5.91 Å². The quantitative estimate of drug-likeness (QED) is 0.794. The van der Waals surface area contributed by atoms with Gasteiger partial charge in [-0.25, -0.2) is 0 Å². The summed E-state index contributed by atoms with van der Waals surface area (Å²) >= 11 is 0. The summed E-state index contributed by atoms with van der Waals surface area (Å²) in [6.07, 6.45) is 0. The number of rotatable bonds is 5. The normalized spacial score (nSPS) is 11.9. The van der Waals surface area contributed by atoms with Crippen LogP contribution in [0.25, 0.3) is 0 Å². The molecule has 19 heavy (non-hydrogen) atoms. The van der Waals surface area contributed by atoms with Crippen molar-refractivity contribution in [3.8, 4) is 0 Å². The van der Waals surface area contributed by atoms with E-state index in [1.165, 1.54) is 4.90 Å². The third-order valence-electron chi connectivity index (χ3n) is 3.11. The van der Waals surface area contributed by atoms with E-state index in [0.717, 1.165) is 5.56 Å². The van der Waals surface area contributed by atoms with Gasteiger partial charge in [-0.2, -0.15) is 0 Å². The fourth-order valence-electron chi connectivity index (χ4n) is 1.72. The SMILES string of the molecule is CCN(CC(C)C(=O)O)C(=O)c1ccc(C)c(N)c1. The topological polar surface area (TPSA) is 83.6 Å². The molecule has 104 valence electrons. The largest absolute Gasteiger partial charge is 0.481 e. The van der Waals surface area contributed by atoms with Crippen LogP contribution in [0.4, 0.5) is 5.69 Å². The van der Waals surface area contributed by atoms with Crippen LogP contribution in [0.1, 0.15) is 29.8 Å². The minimum Gasteiger partial charge on any atom is -0.481 e. The van der Waals surface area contributed by atoms with Gasteiger partial charge in [-0.05, 0) is 31.5 Å². The molecule has 3 N–H and O–H groups in total. The first kappa shape index (κ1) is 15.0. The Morgan fingerprint density at radius 1 is 1.42 bits per heavy atom. The fraction of sp³-hybridized carbons (Fsp3) is 0.429. The lowest BCUT2D eigenvalue weighted by Crippen LogP contribution is -2.36. The van der Waals surface area contributed by atoms with E-state index in [4.69, 9.17) is 10.8 Å². The third-order valence-corrected chi connectivity index (χ3v) is 3.11. The maximum absolute atomic E-state index is 12.3. The zero-order valence-electron chi connectivity index (χ0n) is 11.5. The zero-order chi connectivity index (χ0) is 14.6. The van der Waals surface area contributed by atoms with Crippen molar-refractivity contribution in [3.05, 3.63) is 29.3 Å². The molecule has 0 saturated heterocycles. The summed E-state index contributed by atoms with van der Waals surface area (Å²) in [5.74, 6) is -1.69. The summed E-state index contributed by atoms with van der Waals surface area (Å²) in [7, 11) is 0. The summed E-state index contributed by atoms with van der Waals surface area (Å²) in [5.41, 5.74) is 7.75. The third kappa shape index (κ3) is 3.71. The van der Waals surface area contributed by atoms with Crippen molar-refractivity contribution < 1.29 is 14.7 Å². The van der Waals surface area contributed by atoms with E-state index in [-0.39, 0.29) is 12.5 Å². The standard InChI is InChI=1S/C14H20N2O3/c1-4-16(8-10(3)14(18)19)13(17)11-6-5-9(2)12(15)7-11/h5-7,10H,4,8,15H2,1-3H3,(H,18,19). The van der Waals surface area contributed by atoms with Crippen LogP contribution in [0.5, 0.6) is 0 Å². The molecule has 1 rings (SSSR count). The van der Waals surface area contributed by atoms with Gasteiger partial charge in [-0.3, -0.25) is 9.59 Å². The average molecular weight is 264 g/mol. The highest BCUT2D eigenvalue weighted by Crippen LogP contribution is 2.15. The molecule has 0 radical (unpaired) electrons. The van der Waals surface area contributed by atoms with Gasteiger partial charge in [0.1, 0.15) is 0 Å². The maximum Gasteiger partial charge on any atom is 0.308 e. The molecule has 1 aromatic carbocycles. The number of carboxylic acids is 1. The highest BCUT2D eigenvalue weighted by atomic mass is 16.4. The molecule has 0 heterocycles. The Bertz CT molecular complexity index is 486. The molecule has 0 saturated carbocycles. The van der Waals surface area contributed by atoms with Crippen LogP contribution in [0, 0.1) is 12.8 Å². The maximum atomic E-state index is 12.3. The van der Waals surface area contributed by atoms with Gasteiger partial charge < -0.3 is 15.7 Å². The van der Waals surface area contributed by atoms with E-state index in [0.29, 0.717) is 17.8 Å². The van der Waals surface area contributed by atoms with Gasteiger partial charge in [0, 0.05) is 24.3 Å². The van der Waals surface area contributed by atoms with Gasteiger partial charge in [0.05, 0.1) is 5.92 Å². The van der Waals surface area contributed by atoms with Crippen LogP contribution < -0.4 is 5.73 Å². The van der Waals surface area contributed by atoms with Gasteiger partial charge >= 0.3 is 5.97 Å². The van der Waals surface area contributed by atoms with E-state index in [1.54, 1.807) is 25.1 Å². The number of benzene rings is 1. The molecule has 0 spiro atoms. The average Bonchev–Trinajstić information content (AvgIpc) is 2.37. The summed E-state index contributed by atoms with van der Waals surface area (Å²) in [5, 5.41) is 8.90. The van der Waals surface area contributed by atoms with Crippen LogP contribution in [-0.2, 0) is 4.79 Å². The van der Waals surface area contributed by atoms with Gasteiger partial charge in [0.15, 0.2) is 0 Å². The van der Waals surface area contributed by atoms with Crippen LogP contribution in [-0.4, -0.2) is 35.0 Å². The smallest absolute Gasteiger partial charge is 0.308 e. The first-order chi connectivity index (χ1) is 8.86. The van der Waals surface area contributed by atoms with E-state index >= 15 is 0 Å². The number of anilines is 1. The lowest BCUT2D eigenvalue weighted by molar-refractivity contribution is -0.141. The van der Waals surface area contributed by atoms with Crippen molar-refractivity contribution in [2.45, 2.75) is 20.8 Å². The number of aliphatic carboxylic acids is 1. The van der Waals surface area contributed by atoms with E-state index < -0.39 is 11.9 Å². The Balaban J connectivity index is 2.89. The number of nitrogens with zero attached hydrogens (tertiary/aromatic N) is 1. The highest BCUT2D eigenvalue weighted by Gasteiger charge is 2.20. The summed E-state index contributed by atoms with van der Waals surface area (Å²) < 4.78 is 0. The number of carbonyl (C=O) groups excluding carboxylic acids is 1. The molecule has 0 aliphatic carbocycles. The molecule has 1 atom stereocenters. The van der Waals surface area contributed by atoms with Gasteiger partial charge in [0.2, 0.25) is 0 Å². The number of amides is 1. The molecule has 0 aromatic heterocycles. The highest BCUT2D eigenvalue weighted by molar-refractivity contribution is 5.95. The Labute approximate surface area is 113 Å². The number of nitrogen functional groups attached to an aromatic ring is 1. The van der Waals surface area contributed by atoms with Crippen LogP contribution >= 0.6 is 0 Å². The molecule has 0 aliphatic rings. The summed E-state index contributed by atoms with van der Waals surface area (Å²) in [4.78, 5) is 24.6. The molecule has 1 aromatic rings. The number of hydrogen-bond donors (Lipinski definition) is 2. The molecule has 0 fully saturated rings. The Morgan fingerprint density at radius 2 is 2.05 bits per heavy atom. The fourth-order valence-corrected chi connectivity index (χ4v) is 1.72. The molecule has 5 heteroatoms. The van der Waals surface area contributed by atoms with Crippen LogP contribution in [0.2, 0.25) is 0 Å². The first-order valence-corrected chi connectivity index (χ1v) is 6.25. The summed E-state index contributed by atoms with van der Waals surface area (Å²) in [6.45, 7) is 5.93. The zero-order valence-corrected chi connectivity index (χ0v) is 11.5. The van der Waals surface area contributed by atoms with E-state index in [2.05, 4.69) is 0 Å². The monoisotopic (exact) mass is 264 g/mol. The Morgan fingerprint density at radius 3 is 2.53 bits per heavy atom. The minimum atomic E-state index is -0.908. The molecular formula is C14H20N2O3. The molecular weight excluding hydrogens is 244 g/mol. The molecule has 1 amide bonds. The van der Waals surface area contributed by atoms with Crippen molar-refractivity contribution in [1.82, 2.24) is 4.90 Å². The number of aryl methyl sites for hydroxylation is 1. The summed E-state index contributed by atoms with van der Waals surface area (Å²) in [6, 6.07) is 5.13. The lowest BCUT2D eigenvalue weighted by atomic mass is 10.1. The van der Waals surface area contributed by atoms with Crippen molar-refractivity contribution >= 4 is 17.6 Å². The lowest BCUT2D eigenvalue weighted by Gasteiger charge is -2.23. The number of carboxylic acid groups (broad SMARTS) is 1. The van der Waals surface area contributed by atoms with Crippen molar-refractivity contribution in [2.24, 2.45) is 5.92 Å². The predicted molar refractivity (Wildman–Crippen MR) is 74.0 cm³/mol. The molecule has 0 aliphatic heterocycles. The van der Waals surface area contributed by atoms with Gasteiger partial charge in [-0.15, -0.1) is 0 Å². The second-order valence-corrected chi connectivity index (χ2v) is 4.65. The van der Waals surface area contributed by atoms with Crippen molar-refractivity contribution in [1.29, 1.82) is 0 Å². The predicted octanol–water partition coefficient (Wildman–Crippen LogP) is 1.76. The second-order valence-electron chi connectivity index (χ2n) is 4.65. The molecule has 5 nitrogen and oxygen atoms in total. The Hall–Kier alpha value is -2.04. The van der Waals surface area contributed by atoms with Crippen molar-refractivity contribution in [2.75, 3.05) is 18.8 Å². The number of hydrogen-bond acceptors (Lipinski definition) is 3. The molecule has 0 bridgehead atoms. The molecule has 1 unspecified atom stereocenters. The Kier molecular flexibility index (Phi) is 4.92. The van der Waals surface area contributed by atoms with Crippen molar-refractivity contribution in [3.63, 3.8) is 0 Å². The number of nitrogens with two attached hydrogens (primary N) is 1. The van der Waals surface area contributed by atoms with Crippen LogP contribution in [0.3, 0.4) is 0 Å². The first-order valence-electron chi connectivity index (χ1n) is 6.25. The number of carbonyl (C=O) groups is 2. The second kappa shape index (κ2) is 6.22. The van der Waals surface area contributed by atoms with E-state index in [9.17, 15) is 9.59 Å². The van der Waals surface area contributed by atoms with E-state index in [1.807, 2.05) is 13.8 Å².